The van der Waals surface area contributed by atoms with Gasteiger partial charge >= 0.3 is 0 Å². The first-order valence-electron chi connectivity index (χ1n) is 8.10. The average molecular weight is 343 g/mol. The molecule has 1 aromatic rings. The summed E-state index contributed by atoms with van der Waals surface area (Å²) in [6.07, 6.45) is -0.418. The molecule has 2 N–H and O–H groups in total. The standard InChI is InChI=1S/C17H27ClN2O3/c1-13(14-3-5-15(18)6-4-14)23-12-16(21)9-19-10-17-11-20(2)7-8-22-17/h3-6,13,16-17,19,21H,7-12H2,1-2H3. The first-order valence-corrected chi connectivity index (χ1v) is 8.48. The second-order valence-corrected chi connectivity index (χ2v) is 6.53. The SMILES string of the molecule is CC(OCC(O)CNCC1CN(C)CCO1)c1ccc(Cl)cc1. The fraction of sp³-hybridized carbons (Fsp3) is 0.647. The van der Waals surface area contributed by atoms with Gasteiger partial charge in [-0.3, -0.25) is 0 Å². The largest absolute Gasteiger partial charge is 0.389 e. The van der Waals surface area contributed by atoms with Gasteiger partial charge in [-0.05, 0) is 31.7 Å². The third-order valence-corrected chi connectivity index (χ3v) is 4.22. The van der Waals surface area contributed by atoms with Crippen LogP contribution in [0.3, 0.4) is 0 Å². The van der Waals surface area contributed by atoms with E-state index in [4.69, 9.17) is 21.1 Å². The van der Waals surface area contributed by atoms with Crippen molar-refractivity contribution < 1.29 is 14.6 Å². The van der Waals surface area contributed by atoms with Crippen LogP contribution in [0.4, 0.5) is 0 Å². The number of ether oxygens (including phenoxy) is 2. The van der Waals surface area contributed by atoms with E-state index in [9.17, 15) is 5.11 Å². The number of hydrogen-bond donors (Lipinski definition) is 2. The van der Waals surface area contributed by atoms with Gasteiger partial charge in [0, 0.05) is 31.2 Å². The van der Waals surface area contributed by atoms with E-state index in [0.29, 0.717) is 18.2 Å². The predicted octanol–water partition coefficient (Wildman–Crippen LogP) is 1.70. The molecule has 0 radical (unpaired) electrons. The van der Waals surface area contributed by atoms with Crippen LogP contribution in [0.25, 0.3) is 0 Å². The second-order valence-electron chi connectivity index (χ2n) is 6.09. The highest BCUT2D eigenvalue weighted by Crippen LogP contribution is 2.19. The van der Waals surface area contributed by atoms with Gasteiger partial charge in [0.25, 0.3) is 0 Å². The molecule has 1 saturated heterocycles. The van der Waals surface area contributed by atoms with Crippen molar-refractivity contribution in [1.82, 2.24) is 10.2 Å². The van der Waals surface area contributed by atoms with Gasteiger partial charge in [-0.2, -0.15) is 0 Å². The lowest BCUT2D eigenvalue weighted by Gasteiger charge is -2.30. The van der Waals surface area contributed by atoms with E-state index in [1.165, 1.54) is 0 Å². The fourth-order valence-corrected chi connectivity index (χ4v) is 2.67. The Morgan fingerprint density at radius 1 is 1.43 bits per heavy atom. The third kappa shape index (κ3) is 6.75. The van der Waals surface area contributed by atoms with E-state index >= 15 is 0 Å². The summed E-state index contributed by atoms with van der Waals surface area (Å²) in [6, 6.07) is 7.56. The van der Waals surface area contributed by atoms with Crippen molar-refractivity contribution in [2.45, 2.75) is 25.2 Å². The highest BCUT2D eigenvalue weighted by molar-refractivity contribution is 6.30. The zero-order chi connectivity index (χ0) is 16.7. The van der Waals surface area contributed by atoms with Gasteiger partial charge in [-0.15, -0.1) is 0 Å². The quantitative estimate of drug-likeness (QED) is 0.753. The van der Waals surface area contributed by atoms with Crippen molar-refractivity contribution in [2.75, 3.05) is 46.4 Å². The van der Waals surface area contributed by atoms with Crippen LogP contribution < -0.4 is 5.32 Å². The van der Waals surface area contributed by atoms with Gasteiger partial charge in [0.2, 0.25) is 0 Å². The summed E-state index contributed by atoms with van der Waals surface area (Å²) in [5.74, 6) is 0. The van der Waals surface area contributed by atoms with E-state index in [1.807, 2.05) is 31.2 Å². The van der Waals surface area contributed by atoms with Crippen molar-refractivity contribution >= 4 is 11.6 Å². The van der Waals surface area contributed by atoms with E-state index in [1.54, 1.807) is 0 Å². The van der Waals surface area contributed by atoms with Gasteiger partial charge in [0.15, 0.2) is 0 Å². The number of rotatable bonds is 8. The maximum Gasteiger partial charge on any atom is 0.0897 e. The van der Waals surface area contributed by atoms with E-state index in [0.717, 1.165) is 31.8 Å². The number of aliphatic hydroxyl groups excluding tert-OH is 1. The van der Waals surface area contributed by atoms with Crippen molar-refractivity contribution in [3.8, 4) is 0 Å². The molecule has 1 heterocycles. The summed E-state index contributed by atoms with van der Waals surface area (Å²) in [4.78, 5) is 2.25. The molecular weight excluding hydrogens is 316 g/mol. The van der Waals surface area contributed by atoms with Gasteiger partial charge in [-0.25, -0.2) is 0 Å². The molecule has 6 heteroatoms. The molecule has 0 amide bonds. The van der Waals surface area contributed by atoms with Crippen LogP contribution in [-0.2, 0) is 9.47 Å². The number of nitrogens with one attached hydrogen (secondary N) is 1. The van der Waals surface area contributed by atoms with Gasteiger partial charge in [0.05, 0.1) is 31.5 Å². The number of halogens is 1. The summed E-state index contributed by atoms with van der Waals surface area (Å²) in [6.45, 7) is 6.18. The third-order valence-electron chi connectivity index (χ3n) is 3.97. The number of morpholine rings is 1. The normalized spacial score (nSPS) is 22.0. The van der Waals surface area contributed by atoms with Crippen LogP contribution >= 0.6 is 11.6 Å². The van der Waals surface area contributed by atoms with Crippen LogP contribution in [0.2, 0.25) is 5.02 Å². The van der Waals surface area contributed by atoms with E-state index in [-0.39, 0.29) is 12.2 Å². The Bertz CT molecular complexity index is 458. The molecular formula is C17H27ClN2O3. The van der Waals surface area contributed by atoms with Crippen LogP contribution in [0, 0.1) is 0 Å². The topological polar surface area (TPSA) is 54.0 Å². The van der Waals surface area contributed by atoms with Crippen LogP contribution in [0.5, 0.6) is 0 Å². The molecule has 3 atom stereocenters. The molecule has 2 rings (SSSR count). The monoisotopic (exact) mass is 342 g/mol. The number of nitrogens with zero attached hydrogens (tertiary/aromatic N) is 1. The number of hydrogen-bond acceptors (Lipinski definition) is 5. The first-order chi connectivity index (χ1) is 11.0. The summed E-state index contributed by atoms with van der Waals surface area (Å²) < 4.78 is 11.4. The average Bonchev–Trinajstić information content (AvgIpc) is 2.53. The minimum absolute atomic E-state index is 0.0720. The molecule has 0 bridgehead atoms. The van der Waals surface area contributed by atoms with Gasteiger partial charge < -0.3 is 24.8 Å². The first kappa shape index (κ1) is 18.6. The minimum Gasteiger partial charge on any atom is -0.389 e. The predicted molar refractivity (Wildman–Crippen MR) is 91.9 cm³/mol. The van der Waals surface area contributed by atoms with Crippen LogP contribution in [0.1, 0.15) is 18.6 Å². The number of benzene rings is 1. The fourth-order valence-electron chi connectivity index (χ4n) is 2.55. The van der Waals surface area contributed by atoms with Crippen molar-refractivity contribution in [3.63, 3.8) is 0 Å². The van der Waals surface area contributed by atoms with E-state index in [2.05, 4.69) is 17.3 Å². The zero-order valence-corrected chi connectivity index (χ0v) is 14.6. The van der Waals surface area contributed by atoms with Crippen molar-refractivity contribution in [2.24, 2.45) is 0 Å². The molecule has 5 nitrogen and oxygen atoms in total. The number of aliphatic hydroxyl groups is 1. The molecule has 130 valence electrons. The second kappa shape index (κ2) is 9.57. The Hall–Kier alpha value is -0.690. The van der Waals surface area contributed by atoms with Gasteiger partial charge in [0.1, 0.15) is 0 Å². The lowest BCUT2D eigenvalue weighted by Crippen LogP contribution is -2.46. The highest BCUT2D eigenvalue weighted by Gasteiger charge is 2.17. The lowest BCUT2D eigenvalue weighted by molar-refractivity contribution is -0.0240. The molecule has 1 aromatic carbocycles. The summed E-state index contributed by atoms with van der Waals surface area (Å²) in [5, 5.41) is 14.0. The molecule has 3 unspecified atom stereocenters. The number of likely N-dealkylation sites (N-methyl/N-ethyl adjacent to an activating group) is 1. The maximum absolute atomic E-state index is 10.0. The lowest BCUT2D eigenvalue weighted by atomic mass is 10.1. The van der Waals surface area contributed by atoms with Crippen molar-refractivity contribution in [3.05, 3.63) is 34.9 Å². The molecule has 0 aromatic heterocycles. The zero-order valence-electron chi connectivity index (χ0n) is 13.9. The Labute approximate surface area is 143 Å². The van der Waals surface area contributed by atoms with Gasteiger partial charge in [-0.1, -0.05) is 23.7 Å². The molecule has 23 heavy (non-hydrogen) atoms. The van der Waals surface area contributed by atoms with Crippen LogP contribution in [0.15, 0.2) is 24.3 Å². The minimum atomic E-state index is -0.536. The molecule has 1 aliphatic heterocycles. The molecule has 1 fully saturated rings. The molecule has 0 spiro atoms. The highest BCUT2D eigenvalue weighted by atomic mass is 35.5. The molecule has 0 aliphatic carbocycles. The Kier molecular flexibility index (Phi) is 7.76. The smallest absolute Gasteiger partial charge is 0.0897 e. The Balaban J connectivity index is 1.61. The summed E-state index contributed by atoms with van der Waals surface area (Å²) in [7, 11) is 2.09. The van der Waals surface area contributed by atoms with Crippen LogP contribution in [-0.4, -0.2) is 68.7 Å². The molecule has 1 aliphatic rings. The Morgan fingerprint density at radius 2 is 2.17 bits per heavy atom. The summed E-state index contributed by atoms with van der Waals surface area (Å²) >= 11 is 5.87. The summed E-state index contributed by atoms with van der Waals surface area (Å²) in [5.41, 5.74) is 1.05. The maximum atomic E-state index is 10.0. The van der Waals surface area contributed by atoms with E-state index < -0.39 is 6.10 Å². The van der Waals surface area contributed by atoms with Crippen molar-refractivity contribution in [1.29, 1.82) is 0 Å². The Morgan fingerprint density at radius 3 is 2.87 bits per heavy atom. The molecule has 0 saturated carbocycles.